The molecule has 2 N–H and O–H groups in total. The fraction of sp³-hybridized carbons (Fsp3) is 0.160. The van der Waals surface area contributed by atoms with Crippen LogP contribution in [0.1, 0.15) is 0 Å². The van der Waals surface area contributed by atoms with E-state index in [0.717, 1.165) is 33.6 Å². The van der Waals surface area contributed by atoms with Gasteiger partial charge in [0.1, 0.15) is 18.2 Å². The van der Waals surface area contributed by atoms with Crippen LogP contribution in [0.2, 0.25) is 0 Å². The molecule has 0 amide bonds. The Morgan fingerprint density at radius 3 is 2.13 bits per heavy atom. The van der Waals surface area contributed by atoms with Crippen molar-refractivity contribution in [2.45, 2.75) is 0 Å². The highest BCUT2D eigenvalue weighted by Crippen LogP contribution is 2.35. The molecule has 0 radical (unpaired) electrons. The average molecular weight is 398 g/mol. The summed E-state index contributed by atoms with van der Waals surface area (Å²) in [6.07, 6.45) is 0. The number of aromatic amines is 1. The van der Waals surface area contributed by atoms with Gasteiger partial charge < -0.3 is 19.6 Å². The molecule has 0 saturated heterocycles. The molecule has 1 heterocycles. The molecule has 0 fully saturated rings. The van der Waals surface area contributed by atoms with Crippen LogP contribution in [-0.2, 0) is 4.74 Å². The highest BCUT2D eigenvalue weighted by atomic mass is 16.5. The summed E-state index contributed by atoms with van der Waals surface area (Å²) >= 11 is 0. The van der Waals surface area contributed by atoms with Crippen molar-refractivity contribution in [3.05, 3.63) is 72.8 Å². The molecule has 30 heavy (non-hydrogen) atoms. The molecule has 4 aromatic carbocycles. The van der Waals surface area contributed by atoms with Gasteiger partial charge in [-0.1, -0.05) is 48.5 Å². The number of fused-ring (bicyclic) bond motifs is 6. The first kappa shape index (κ1) is 18.6. The van der Waals surface area contributed by atoms with Crippen LogP contribution in [-0.4, -0.2) is 41.5 Å². The Morgan fingerprint density at radius 1 is 0.733 bits per heavy atom. The van der Waals surface area contributed by atoms with E-state index in [9.17, 15) is 0 Å². The standard InChI is InChI=1S/C25H22N2O3/c28-13-14-29-15-16-30-18-11-9-17(10-12-18)25-26-23-21-7-3-1-5-19(21)20-6-2-4-8-22(20)24(23)27-25/h1-12,28H,13-16H2,(H,26,27). The molecule has 5 heteroatoms. The molecule has 0 aliphatic carbocycles. The number of imidazole rings is 1. The molecule has 0 atom stereocenters. The number of ether oxygens (including phenoxy) is 2. The SMILES string of the molecule is OCCOCCOc1ccc(-c2nc3c4ccccc4c4ccccc4c3[nH]2)cc1. The second kappa shape index (κ2) is 8.14. The quantitative estimate of drug-likeness (QED) is 0.301. The third kappa shape index (κ3) is 3.38. The Morgan fingerprint density at radius 2 is 1.40 bits per heavy atom. The number of aliphatic hydroxyl groups is 1. The first-order valence-electron chi connectivity index (χ1n) is 10.1. The van der Waals surface area contributed by atoms with E-state index >= 15 is 0 Å². The Balaban J connectivity index is 1.50. The smallest absolute Gasteiger partial charge is 0.138 e. The van der Waals surface area contributed by atoms with Crippen molar-refractivity contribution >= 4 is 32.6 Å². The van der Waals surface area contributed by atoms with Crippen LogP contribution >= 0.6 is 0 Å². The minimum Gasteiger partial charge on any atom is -0.491 e. The Hall–Kier alpha value is -3.41. The number of nitrogens with zero attached hydrogens (tertiary/aromatic N) is 1. The van der Waals surface area contributed by atoms with Gasteiger partial charge in [0.2, 0.25) is 0 Å². The number of nitrogens with one attached hydrogen (secondary N) is 1. The van der Waals surface area contributed by atoms with E-state index in [1.807, 2.05) is 24.3 Å². The van der Waals surface area contributed by atoms with Gasteiger partial charge in [0.15, 0.2) is 0 Å². The minimum atomic E-state index is 0.0246. The van der Waals surface area contributed by atoms with Gasteiger partial charge in [-0.05, 0) is 35.0 Å². The Kier molecular flexibility index (Phi) is 5.05. The summed E-state index contributed by atoms with van der Waals surface area (Å²) in [5.41, 5.74) is 3.05. The maximum atomic E-state index is 8.72. The molecule has 0 spiro atoms. The predicted molar refractivity (Wildman–Crippen MR) is 120 cm³/mol. The number of hydrogen-bond donors (Lipinski definition) is 2. The highest BCUT2D eigenvalue weighted by Gasteiger charge is 2.13. The largest absolute Gasteiger partial charge is 0.491 e. The van der Waals surface area contributed by atoms with Gasteiger partial charge in [0.05, 0.1) is 30.9 Å². The highest BCUT2D eigenvalue weighted by molar-refractivity contribution is 6.23. The van der Waals surface area contributed by atoms with Crippen LogP contribution in [0, 0.1) is 0 Å². The van der Waals surface area contributed by atoms with E-state index in [1.54, 1.807) is 0 Å². The number of rotatable bonds is 7. The van der Waals surface area contributed by atoms with Gasteiger partial charge in [-0.25, -0.2) is 4.98 Å². The number of H-pyrrole nitrogens is 1. The van der Waals surface area contributed by atoms with E-state index in [1.165, 1.54) is 16.2 Å². The Labute approximate surface area is 173 Å². The molecule has 5 rings (SSSR count). The number of aliphatic hydroxyl groups excluding tert-OH is 1. The van der Waals surface area contributed by atoms with Crippen molar-refractivity contribution in [2.75, 3.05) is 26.4 Å². The maximum absolute atomic E-state index is 8.72. The fourth-order valence-corrected chi connectivity index (χ4v) is 3.85. The molecule has 0 unspecified atom stereocenters. The summed E-state index contributed by atoms with van der Waals surface area (Å²) in [7, 11) is 0. The molecule has 5 nitrogen and oxygen atoms in total. The zero-order valence-corrected chi connectivity index (χ0v) is 16.5. The average Bonchev–Trinajstić information content (AvgIpc) is 3.26. The topological polar surface area (TPSA) is 67.4 Å². The van der Waals surface area contributed by atoms with E-state index in [2.05, 4.69) is 53.5 Å². The van der Waals surface area contributed by atoms with Gasteiger partial charge >= 0.3 is 0 Å². The van der Waals surface area contributed by atoms with Crippen molar-refractivity contribution in [2.24, 2.45) is 0 Å². The number of hydrogen-bond acceptors (Lipinski definition) is 4. The van der Waals surface area contributed by atoms with Crippen LogP contribution in [0.3, 0.4) is 0 Å². The number of aromatic nitrogens is 2. The van der Waals surface area contributed by atoms with Crippen molar-refractivity contribution < 1.29 is 14.6 Å². The van der Waals surface area contributed by atoms with Crippen molar-refractivity contribution in [1.29, 1.82) is 0 Å². The first-order chi connectivity index (χ1) is 14.8. The molecule has 150 valence electrons. The predicted octanol–water partition coefficient (Wildman–Crippen LogP) is 4.92. The van der Waals surface area contributed by atoms with Crippen LogP contribution in [0.25, 0.3) is 44.0 Å². The van der Waals surface area contributed by atoms with Gasteiger partial charge in [-0.2, -0.15) is 0 Å². The van der Waals surface area contributed by atoms with Crippen LogP contribution in [0.4, 0.5) is 0 Å². The zero-order valence-electron chi connectivity index (χ0n) is 16.5. The van der Waals surface area contributed by atoms with Crippen LogP contribution in [0.15, 0.2) is 72.8 Å². The molecule has 0 bridgehead atoms. The van der Waals surface area contributed by atoms with Crippen molar-refractivity contribution in [1.82, 2.24) is 9.97 Å². The lowest BCUT2D eigenvalue weighted by molar-refractivity contribution is 0.0705. The number of benzene rings is 4. The van der Waals surface area contributed by atoms with Gasteiger partial charge in [-0.15, -0.1) is 0 Å². The molecule has 1 aromatic heterocycles. The van der Waals surface area contributed by atoms with E-state index in [0.29, 0.717) is 19.8 Å². The maximum Gasteiger partial charge on any atom is 0.138 e. The van der Waals surface area contributed by atoms with Gasteiger partial charge in [0.25, 0.3) is 0 Å². The lowest BCUT2D eigenvalue weighted by atomic mass is 10.0. The monoisotopic (exact) mass is 398 g/mol. The minimum absolute atomic E-state index is 0.0246. The summed E-state index contributed by atoms with van der Waals surface area (Å²) in [6.45, 7) is 1.25. The van der Waals surface area contributed by atoms with Crippen molar-refractivity contribution in [3.63, 3.8) is 0 Å². The van der Waals surface area contributed by atoms with E-state index in [4.69, 9.17) is 19.6 Å². The molecule has 5 aromatic rings. The molecule has 0 saturated carbocycles. The normalized spacial score (nSPS) is 11.5. The summed E-state index contributed by atoms with van der Waals surface area (Å²) < 4.78 is 10.9. The third-order valence-corrected chi connectivity index (χ3v) is 5.23. The zero-order chi connectivity index (χ0) is 20.3. The van der Waals surface area contributed by atoms with E-state index < -0.39 is 0 Å². The third-order valence-electron chi connectivity index (χ3n) is 5.23. The lowest BCUT2D eigenvalue weighted by Gasteiger charge is -2.07. The van der Waals surface area contributed by atoms with Gasteiger partial charge in [0, 0.05) is 16.3 Å². The second-order valence-corrected chi connectivity index (χ2v) is 7.11. The molecular weight excluding hydrogens is 376 g/mol. The van der Waals surface area contributed by atoms with Crippen molar-refractivity contribution in [3.8, 4) is 17.1 Å². The molecule has 0 aliphatic rings. The second-order valence-electron chi connectivity index (χ2n) is 7.11. The van der Waals surface area contributed by atoms with E-state index in [-0.39, 0.29) is 6.61 Å². The van der Waals surface area contributed by atoms with Crippen LogP contribution < -0.4 is 4.74 Å². The molecular formula is C25H22N2O3. The first-order valence-corrected chi connectivity index (χ1v) is 10.1. The molecule has 0 aliphatic heterocycles. The summed E-state index contributed by atoms with van der Waals surface area (Å²) in [4.78, 5) is 8.48. The van der Waals surface area contributed by atoms with Gasteiger partial charge in [-0.3, -0.25) is 0 Å². The Bertz CT molecular complexity index is 1240. The van der Waals surface area contributed by atoms with Crippen LogP contribution in [0.5, 0.6) is 5.75 Å². The summed E-state index contributed by atoms with van der Waals surface area (Å²) in [6, 6.07) is 24.7. The summed E-state index contributed by atoms with van der Waals surface area (Å²) in [5, 5.41) is 13.5. The lowest BCUT2D eigenvalue weighted by Crippen LogP contribution is -2.08. The fourth-order valence-electron chi connectivity index (χ4n) is 3.85. The summed E-state index contributed by atoms with van der Waals surface area (Å²) in [5.74, 6) is 1.61.